The van der Waals surface area contributed by atoms with Crippen molar-refractivity contribution in [2.24, 2.45) is 5.73 Å². The van der Waals surface area contributed by atoms with Gasteiger partial charge in [-0.25, -0.2) is 4.68 Å². The zero-order chi connectivity index (χ0) is 21.0. The SMILES string of the molecule is CN(C)CC[C@@](O)(C#Cc1cccc(-n2nc(C(N)=O)c3ncccc32)c1)C=O. The van der Waals surface area contributed by atoms with E-state index in [0.29, 0.717) is 35.1 Å². The van der Waals surface area contributed by atoms with Gasteiger partial charge in [0.15, 0.2) is 17.6 Å². The Morgan fingerprint density at radius 2 is 2.14 bits per heavy atom. The second kappa shape index (κ2) is 8.22. The van der Waals surface area contributed by atoms with E-state index in [1.165, 1.54) is 0 Å². The summed E-state index contributed by atoms with van der Waals surface area (Å²) in [6.45, 7) is 0.520. The van der Waals surface area contributed by atoms with Crippen LogP contribution < -0.4 is 5.73 Å². The predicted octanol–water partition coefficient (Wildman–Crippen LogP) is 0.753. The third-order valence-corrected chi connectivity index (χ3v) is 4.32. The van der Waals surface area contributed by atoms with Crippen molar-refractivity contribution in [2.45, 2.75) is 12.0 Å². The summed E-state index contributed by atoms with van der Waals surface area (Å²) in [6.07, 6.45) is 2.23. The molecule has 3 rings (SSSR count). The summed E-state index contributed by atoms with van der Waals surface area (Å²) < 4.78 is 1.56. The van der Waals surface area contributed by atoms with Gasteiger partial charge in [-0.05, 0) is 44.4 Å². The molecule has 148 valence electrons. The number of aliphatic hydroxyl groups is 1. The smallest absolute Gasteiger partial charge is 0.271 e. The number of aromatic nitrogens is 3. The quantitative estimate of drug-likeness (QED) is 0.473. The molecular formula is C21H21N5O3. The highest BCUT2D eigenvalue weighted by Crippen LogP contribution is 2.20. The minimum Gasteiger partial charge on any atom is -0.371 e. The van der Waals surface area contributed by atoms with Crippen molar-refractivity contribution in [3.63, 3.8) is 0 Å². The lowest BCUT2D eigenvalue weighted by atomic mass is 10.0. The largest absolute Gasteiger partial charge is 0.371 e. The zero-order valence-electron chi connectivity index (χ0n) is 16.2. The van der Waals surface area contributed by atoms with Crippen molar-refractivity contribution in [1.29, 1.82) is 0 Å². The summed E-state index contributed by atoms with van der Waals surface area (Å²) >= 11 is 0. The maximum atomic E-state index is 11.7. The lowest BCUT2D eigenvalue weighted by molar-refractivity contribution is -0.119. The molecule has 1 amide bonds. The summed E-state index contributed by atoms with van der Waals surface area (Å²) in [5.41, 5.74) is 6.05. The Hall–Kier alpha value is -3.54. The molecule has 0 spiro atoms. The molecule has 1 aromatic carbocycles. The first-order valence-corrected chi connectivity index (χ1v) is 8.93. The maximum Gasteiger partial charge on any atom is 0.271 e. The molecule has 0 fully saturated rings. The molecule has 29 heavy (non-hydrogen) atoms. The first-order chi connectivity index (χ1) is 13.8. The molecule has 0 radical (unpaired) electrons. The van der Waals surface area contributed by atoms with Crippen LogP contribution in [0, 0.1) is 11.8 Å². The van der Waals surface area contributed by atoms with E-state index in [4.69, 9.17) is 5.73 Å². The fraction of sp³-hybridized carbons (Fsp3) is 0.238. The Morgan fingerprint density at radius 3 is 2.83 bits per heavy atom. The molecule has 0 bridgehead atoms. The Morgan fingerprint density at radius 1 is 1.34 bits per heavy atom. The van der Waals surface area contributed by atoms with Crippen LogP contribution in [0.2, 0.25) is 0 Å². The van der Waals surface area contributed by atoms with E-state index in [-0.39, 0.29) is 12.1 Å². The molecule has 1 atom stereocenters. The second-order valence-corrected chi connectivity index (χ2v) is 6.89. The van der Waals surface area contributed by atoms with Gasteiger partial charge in [-0.15, -0.1) is 0 Å². The molecule has 0 saturated heterocycles. The lowest BCUT2D eigenvalue weighted by Crippen LogP contribution is -2.33. The van der Waals surface area contributed by atoms with Gasteiger partial charge in [0.2, 0.25) is 0 Å². The summed E-state index contributed by atoms with van der Waals surface area (Å²) in [5.74, 6) is 4.83. The van der Waals surface area contributed by atoms with Crippen molar-refractivity contribution in [2.75, 3.05) is 20.6 Å². The highest BCUT2D eigenvalue weighted by atomic mass is 16.3. The summed E-state index contributed by atoms with van der Waals surface area (Å²) in [6, 6.07) is 10.6. The van der Waals surface area contributed by atoms with Crippen molar-refractivity contribution in [3.05, 3.63) is 53.9 Å². The molecule has 8 nitrogen and oxygen atoms in total. The number of aldehydes is 1. The van der Waals surface area contributed by atoms with Crippen LogP contribution in [0.25, 0.3) is 16.7 Å². The van der Waals surface area contributed by atoms with E-state index in [9.17, 15) is 14.7 Å². The lowest BCUT2D eigenvalue weighted by Gasteiger charge is -2.17. The van der Waals surface area contributed by atoms with Gasteiger partial charge in [0.1, 0.15) is 5.52 Å². The number of nitrogens with two attached hydrogens (primary N) is 1. The molecule has 2 aromatic heterocycles. The topological polar surface area (TPSA) is 114 Å². The molecular weight excluding hydrogens is 370 g/mol. The summed E-state index contributed by atoms with van der Waals surface area (Å²) in [4.78, 5) is 29.1. The monoisotopic (exact) mass is 391 g/mol. The van der Waals surface area contributed by atoms with Gasteiger partial charge in [-0.3, -0.25) is 14.6 Å². The van der Waals surface area contributed by atoms with Gasteiger partial charge in [-0.2, -0.15) is 5.10 Å². The minimum atomic E-state index is -1.72. The minimum absolute atomic E-state index is 0.0797. The first kappa shape index (κ1) is 20.2. The van der Waals surface area contributed by atoms with Gasteiger partial charge in [0.25, 0.3) is 5.91 Å². The molecule has 0 aliphatic heterocycles. The predicted molar refractivity (Wildman–Crippen MR) is 108 cm³/mol. The highest BCUT2D eigenvalue weighted by molar-refractivity contribution is 6.02. The number of nitrogens with zero attached hydrogens (tertiary/aromatic N) is 4. The zero-order valence-corrected chi connectivity index (χ0v) is 16.2. The Labute approximate surface area is 167 Å². The number of carbonyl (C=O) groups excluding carboxylic acids is 2. The van der Waals surface area contributed by atoms with Crippen molar-refractivity contribution >= 4 is 23.2 Å². The number of hydrogen-bond donors (Lipinski definition) is 2. The van der Waals surface area contributed by atoms with E-state index in [1.807, 2.05) is 19.0 Å². The fourth-order valence-corrected chi connectivity index (χ4v) is 2.75. The average molecular weight is 391 g/mol. The summed E-state index contributed by atoms with van der Waals surface area (Å²) in [7, 11) is 3.71. The van der Waals surface area contributed by atoms with Crippen molar-refractivity contribution < 1.29 is 14.7 Å². The van der Waals surface area contributed by atoms with Crippen LogP contribution in [-0.2, 0) is 4.79 Å². The van der Waals surface area contributed by atoms with Crippen LogP contribution in [0.3, 0.4) is 0 Å². The number of rotatable bonds is 6. The third kappa shape index (κ3) is 4.48. The molecule has 3 N–H and O–H groups in total. The van der Waals surface area contributed by atoms with Crippen LogP contribution in [-0.4, -0.2) is 63.2 Å². The normalized spacial score (nSPS) is 13.0. The fourth-order valence-electron chi connectivity index (χ4n) is 2.75. The highest BCUT2D eigenvalue weighted by Gasteiger charge is 2.23. The average Bonchev–Trinajstić information content (AvgIpc) is 3.11. The third-order valence-electron chi connectivity index (χ3n) is 4.32. The van der Waals surface area contributed by atoms with Gasteiger partial charge in [-0.1, -0.05) is 17.9 Å². The van der Waals surface area contributed by atoms with E-state index < -0.39 is 11.5 Å². The van der Waals surface area contributed by atoms with Crippen LogP contribution in [0.5, 0.6) is 0 Å². The molecule has 2 heterocycles. The van der Waals surface area contributed by atoms with Crippen LogP contribution in [0.15, 0.2) is 42.6 Å². The molecule has 0 aliphatic carbocycles. The summed E-state index contributed by atoms with van der Waals surface area (Å²) in [5, 5.41) is 14.7. The number of benzene rings is 1. The number of hydrogen-bond acceptors (Lipinski definition) is 6. The number of pyridine rings is 1. The number of fused-ring (bicyclic) bond motifs is 1. The van der Waals surface area contributed by atoms with E-state index in [2.05, 4.69) is 21.9 Å². The molecule has 0 saturated carbocycles. The first-order valence-electron chi connectivity index (χ1n) is 8.93. The Balaban J connectivity index is 1.99. The number of primary amides is 1. The van der Waals surface area contributed by atoms with E-state index in [0.717, 1.165) is 0 Å². The van der Waals surface area contributed by atoms with E-state index >= 15 is 0 Å². The second-order valence-electron chi connectivity index (χ2n) is 6.89. The van der Waals surface area contributed by atoms with Crippen LogP contribution in [0.1, 0.15) is 22.5 Å². The van der Waals surface area contributed by atoms with Gasteiger partial charge >= 0.3 is 0 Å². The Kier molecular flexibility index (Phi) is 5.73. The molecule has 0 unspecified atom stereocenters. The van der Waals surface area contributed by atoms with Crippen LogP contribution >= 0.6 is 0 Å². The standard InChI is InChI=1S/C21H21N5O3/c1-25(2)12-10-21(29,14-27)9-8-15-5-3-6-16(13-15)26-17-7-4-11-23-18(17)19(24-26)20(22)28/h3-7,11,13-14,29H,10,12H2,1-2H3,(H2,22,28)/t21-/m0/s1. The van der Waals surface area contributed by atoms with E-state index in [1.54, 1.807) is 47.3 Å². The van der Waals surface area contributed by atoms with Gasteiger partial charge in [0, 0.05) is 24.7 Å². The van der Waals surface area contributed by atoms with Gasteiger partial charge < -0.3 is 15.7 Å². The number of amides is 1. The van der Waals surface area contributed by atoms with Gasteiger partial charge in [0.05, 0.1) is 11.2 Å². The number of carbonyl (C=O) groups is 2. The van der Waals surface area contributed by atoms with Crippen LogP contribution in [0.4, 0.5) is 0 Å². The molecule has 0 aliphatic rings. The van der Waals surface area contributed by atoms with Crippen molar-refractivity contribution in [1.82, 2.24) is 19.7 Å². The Bertz CT molecular complexity index is 1130. The molecule has 3 aromatic rings. The van der Waals surface area contributed by atoms with Crippen molar-refractivity contribution in [3.8, 4) is 17.5 Å². The molecule has 8 heteroatoms. The maximum absolute atomic E-state index is 11.7.